The van der Waals surface area contributed by atoms with Crippen LogP contribution in [0.25, 0.3) is 0 Å². The number of nitrogens with zero attached hydrogens (tertiary/aromatic N) is 1. The van der Waals surface area contributed by atoms with Gasteiger partial charge in [0, 0.05) is 24.0 Å². The van der Waals surface area contributed by atoms with Gasteiger partial charge >= 0.3 is 0 Å². The molecular weight excluding hydrogens is 440 g/mol. The summed E-state index contributed by atoms with van der Waals surface area (Å²) >= 11 is 5.85. The summed E-state index contributed by atoms with van der Waals surface area (Å²) in [6, 6.07) is 11.4. The van der Waals surface area contributed by atoms with Gasteiger partial charge in [0.15, 0.2) is 11.5 Å². The lowest BCUT2D eigenvalue weighted by atomic mass is 9.96. The Labute approximate surface area is 188 Å². The van der Waals surface area contributed by atoms with Crippen LogP contribution in [0.2, 0.25) is 5.02 Å². The van der Waals surface area contributed by atoms with E-state index in [4.69, 9.17) is 21.1 Å². The van der Waals surface area contributed by atoms with Crippen molar-refractivity contribution in [3.63, 3.8) is 0 Å². The molecule has 2 aromatic rings. The average molecular weight is 467 g/mol. The maximum absolute atomic E-state index is 12.8. The fourth-order valence-electron chi connectivity index (χ4n) is 3.65. The fraction of sp³-hybridized carbons (Fsp3) is 0.409. The largest absolute Gasteiger partial charge is 0.493 e. The number of methoxy groups -OCH3 is 2. The van der Waals surface area contributed by atoms with Crippen molar-refractivity contribution in [3.05, 3.63) is 53.1 Å². The average Bonchev–Trinajstić information content (AvgIpc) is 2.78. The van der Waals surface area contributed by atoms with Crippen LogP contribution in [0.15, 0.2) is 47.4 Å². The lowest BCUT2D eigenvalue weighted by Crippen LogP contribution is -2.43. The molecule has 3 rings (SSSR count). The molecule has 0 unspecified atom stereocenters. The molecule has 2 aromatic carbocycles. The molecule has 1 amide bonds. The van der Waals surface area contributed by atoms with E-state index in [1.54, 1.807) is 32.4 Å². The number of hydrogen-bond donors (Lipinski definition) is 1. The van der Waals surface area contributed by atoms with Crippen molar-refractivity contribution < 1.29 is 22.7 Å². The lowest BCUT2D eigenvalue weighted by molar-refractivity contribution is -0.126. The Bertz CT molecular complexity index is 1020. The number of piperidine rings is 1. The Kier molecular flexibility index (Phi) is 7.46. The first kappa shape index (κ1) is 23.4. The summed E-state index contributed by atoms with van der Waals surface area (Å²) < 4.78 is 37.6. The first-order chi connectivity index (χ1) is 14.8. The van der Waals surface area contributed by atoms with Gasteiger partial charge in [-0.25, -0.2) is 8.42 Å². The Hall–Kier alpha value is -2.29. The van der Waals surface area contributed by atoms with Gasteiger partial charge in [-0.2, -0.15) is 4.31 Å². The second-order valence-corrected chi connectivity index (χ2v) is 9.85. The molecule has 0 spiro atoms. The smallest absolute Gasteiger partial charge is 0.243 e. The number of amides is 1. The van der Waals surface area contributed by atoms with Gasteiger partial charge in [-0.3, -0.25) is 4.79 Å². The van der Waals surface area contributed by atoms with Crippen LogP contribution in [0.4, 0.5) is 0 Å². The van der Waals surface area contributed by atoms with Crippen LogP contribution >= 0.6 is 11.6 Å². The molecule has 1 aliphatic heterocycles. The Morgan fingerprint density at radius 1 is 1.06 bits per heavy atom. The highest BCUT2D eigenvalue weighted by atomic mass is 35.5. The van der Waals surface area contributed by atoms with Crippen molar-refractivity contribution in [2.75, 3.05) is 27.3 Å². The molecule has 31 heavy (non-hydrogen) atoms. The first-order valence-electron chi connectivity index (χ1n) is 10.0. The van der Waals surface area contributed by atoms with Gasteiger partial charge < -0.3 is 14.8 Å². The molecule has 0 bridgehead atoms. The van der Waals surface area contributed by atoms with Crippen molar-refractivity contribution in [1.82, 2.24) is 9.62 Å². The van der Waals surface area contributed by atoms with E-state index in [1.165, 1.54) is 16.4 Å². The number of carbonyl (C=O) groups is 1. The second-order valence-electron chi connectivity index (χ2n) is 7.48. The van der Waals surface area contributed by atoms with E-state index in [9.17, 15) is 13.2 Å². The van der Waals surface area contributed by atoms with Crippen LogP contribution in [0.5, 0.6) is 11.5 Å². The summed E-state index contributed by atoms with van der Waals surface area (Å²) in [5.41, 5.74) is 0.897. The van der Waals surface area contributed by atoms with Crippen molar-refractivity contribution >= 4 is 27.5 Å². The number of ether oxygens (including phenoxy) is 2. The maximum Gasteiger partial charge on any atom is 0.243 e. The van der Waals surface area contributed by atoms with E-state index in [-0.39, 0.29) is 22.8 Å². The van der Waals surface area contributed by atoms with E-state index >= 15 is 0 Å². The minimum Gasteiger partial charge on any atom is -0.493 e. The summed E-state index contributed by atoms with van der Waals surface area (Å²) in [7, 11) is -0.453. The Morgan fingerprint density at radius 3 is 2.26 bits per heavy atom. The number of benzene rings is 2. The molecule has 1 atom stereocenters. The van der Waals surface area contributed by atoms with Crippen molar-refractivity contribution in [2.45, 2.75) is 30.7 Å². The number of carbonyl (C=O) groups excluding carboxylic acids is 1. The number of nitrogens with one attached hydrogen (secondary N) is 1. The predicted molar refractivity (Wildman–Crippen MR) is 119 cm³/mol. The van der Waals surface area contributed by atoms with Gasteiger partial charge in [0.05, 0.1) is 25.2 Å². The number of rotatable bonds is 7. The van der Waals surface area contributed by atoms with Crippen LogP contribution in [0, 0.1) is 5.92 Å². The molecule has 0 aliphatic carbocycles. The molecule has 7 nitrogen and oxygen atoms in total. The summed E-state index contributed by atoms with van der Waals surface area (Å²) in [5.74, 6) is 0.908. The normalized spacial score (nSPS) is 16.5. The predicted octanol–water partition coefficient (Wildman–Crippen LogP) is 3.64. The number of hydrogen-bond acceptors (Lipinski definition) is 5. The van der Waals surface area contributed by atoms with Gasteiger partial charge in [-0.15, -0.1) is 0 Å². The standard InChI is InChI=1S/C22H27ClN2O5S/c1-15(17-4-9-20(29-2)21(14-17)30-3)24-22(26)16-10-12-25(13-11-16)31(27,28)19-7-5-18(23)6-8-19/h4-9,14-16H,10-13H2,1-3H3,(H,24,26)/t15-/m1/s1. The van der Waals surface area contributed by atoms with Crippen molar-refractivity contribution in [2.24, 2.45) is 5.92 Å². The quantitative estimate of drug-likeness (QED) is 0.673. The van der Waals surface area contributed by atoms with Crippen LogP contribution in [0.3, 0.4) is 0 Å². The zero-order chi connectivity index (χ0) is 22.6. The highest BCUT2D eigenvalue weighted by molar-refractivity contribution is 7.89. The van der Waals surface area contributed by atoms with Crippen LogP contribution in [-0.2, 0) is 14.8 Å². The highest BCUT2D eigenvalue weighted by Gasteiger charge is 2.32. The lowest BCUT2D eigenvalue weighted by Gasteiger charge is -2.31. The summed E-state index contributed by atoms with van der Waals surface area (Å²) in [6.45, 7) is 2.50. The molecule has 1 heterocycles. The molecule has 9 heteroatoms. The second kappa shape index (κ2) is 9.89. The number of halogens is 1. The van der Waals surface area contributed by atoms with E-state index in [2.05, 4.69) is 5.32 Å². The van der Waals surface area contributed by atoms with E-state index in [0.717, 1.165) is 5.56 Å². The maximum atomic E-state index is 12.8. The molecule has 0 saturated carbocycles. The summed E-state index contributed by atoms with van der Waals surface area (Å²) in [5, 5.41) is 3.51. The summed E-state index contributed by atoms with van der Waals surface area (Å²) in [4.78, 5) is 13.0. The third-order valence-corrected chi connectivity index (χ3v) is 7.71. The molecule has 0 radical (unpaired) electrons. The summed E-state index contributed by atoms with van der Waals surface area (Å²) in [6.07, 6.45) is 0.939. The topological polar surface area (TPSA) is 84.9 Å². The minimum atomic E-state index is -3.59. The van der Waals surface area contributed by atoms with Crippen LogP contribution < -0.4 is 14.8 Å². The van der Waals surface area contributed by atoms with E-state index in [0.29, 0.717) is 42.5 Å². The van der Waals surface area contributed by atoms with Gasteiger partial charge in [0.1, 0.15) is 0 Å². The van der Waals surface area contributed by atoms with Crippen LogP contribution in [0.1, 0.15) is 31.4 Å². The Morgan fingerprint density at radius 2 is 1.68 bits per heavy atom. The zero-order valence-corrected chi connectivity index (χ0v) is 19.4. The monoisotopic (exact) mass is 466 g/mol. The van der Waals surface area contributed by atoms with E-state index in [1.807, 2.05) is 19.1 Å². The molecule has 1 aliphatic rings. The van der Waals surface area contributed by atoms with Crippen molar-refractivity contribution in [1.29, 1.82) is 0 Å². The number of sulfonamides is 1. The van der Waals surface area contributed by atoms with Crippen LogP contribution in [-0.4, -0.2) is 45.9 Å². The van der Waals surface area contributed by atoms with Gasteiger partial charge in [0.2, 0.25) is 15.9 Å². The van der Waals surface area contributed by atoms with Gasteiger partial charge in [-0.05, 0) is 61.7 Å². The van der Waals surface area contributed by atoms with Gasteiger partial charge in [-0.1, -0.05) is 17.7 Å². The fourth-order valence-corrected chi connectivity index (χ4v) is 5.25. The first-order valence-corrected chi connectivity index (χ1v) is 11.9. The molecule has 1 N–H and O–H groups in total. The third kappa shape index (κ3) is 5.31. The van der Waals surface area contributed by atoms with Gasteiger partial charge in [0.25, 0.3) is 0 Å². The molecule has 1 fully saturated rings. The molecule has 168 valence electrons. The SMILES string of the molecule is COc1ccc([C@@H](C)NC(=O)C2CCN(S(=O)(=O)c3ccc(Cl)cc3)CC2)cc1OC. The molecule has 1 saturated heterocycles. The zero-order valence-electron chi connectivity index (χ0n) is 17.8. The molecule has 0 aromatic heterocycles. The van der Waals surface area contributed by atoms with E-state index < -0.39 is 10.0 Å². The van der Waals surface area contributed by atoms with Crippen molar-refractivity contribution in [3.8, 4) is 11.5 Å². The molecular formula is C22H27ClN2O5S. The third-order valence-electron chi connectivity index (χ3n) is 5.54. The Balaban J connectivity index is 1.59. The minimum absolute atomic E-state index is 0.0779. The highest BCUT2D eigenvalue weighted by Crippen LogP contribution is 2.30.